The van der Waals surface area contributed by atoms with E-state index in [1.165, 1.54) is 0 Å². The third-order valence-electron chi connectivity index (χ3n) is 2.40. The first kappa shape index (κ1) is 20.4. The van der Waals surface area contributed by atoms with Gasteiger partial charge in [-0.1, -0.05) is 0 Å². The van der Waals surface area contributed by atoms with Crippen LogP contribution in [-0.2, 0) is 9.47 Å². The molecule has 22 heavy (non-hydrogen) atoms. The Labute approximate surface area is 155 Å². The second-order valence-corrected chi connectivity index (χ2v) is 12.7. The molecule has 0 amide bonds. The van der Waals surface area contributed by atoms with Gasteiger partial charge in [0.05, 0.1) is 0 Å². The molecule has 1 heterocycles. The molecule has 4 nitrogen and oxygen atoms in total. The van der Waals surface area contributed by atoms with E-state index in [4.69, 9.17) is 9.47 Å². The van der Waals surface area contributed by atoms with Gasteiger partial charge in [0, 0.05) is 0 Å². The van der Waals surface area contributed by atoms with Gasteiger partial charge in [-0.05, 0) is 0 Å². The van der Waals surface area contributed by atoms with Gasteiger partial charge in [0.25, 0.3) is 0 Å². The molecule has 0 radical (unpaired) electrons. The van der Waals surface area contributed by atoms with Crippen molar-refractivity contribution in [3.63, 3.8) is 0 Å². The van der Waals surface area contributed by atoms with Crippen LogP contribution in [0.15, 0.2) is 25.3 Å². The fourth-order valence-electron chi connectivity index (χ4n) is 1.52. The Hall–Kier alpha value is 0.328. The zero-order valence-electron chi connectivity index (χ0n) is 12.2. The Morgan fingerprint density at radius 3 is 1.91 bits per heavy atom. The number of ether oxygens (including phenoxy) is 2. The first-order valence-electron chi connectivity index (χ1n) is 6.69. The molecular weight excluding hydrogens is 501 g/mol. The summed E-state index contributed by atoms with van der Waals surface area (Å²) in [6, 6.07) is 0. The van der Waals surface area contributed by atoms with Crippen LogP contribution < -0.4 is 0 Å². The first-order valence-corrected chi connectivity index (χ1v) is 14.0. The molecule has 8 heteroatoms. The predicted octanol–water partition coefficient (Wildman–Crippen LogP) is 2.90. The number of thioether (sulfide) groups is 1. The van der Waals surface area contributed by atoms with Gasteiger partial charge in [-0.3, -0.25) is 0 Å². The van der Waals surface area contributed by atoms with Crippen LogP contribution in [0.3, 0.4) is 0 Å². The quantitative estimate of drug-likeness (QED) is 0.327. The minimum atomic E-state index is -0.0914. The molecule has 0 spiro atoms. The molecule has 1 rings (SSSR count). The van der Waals surface area contributed by atoms with E-state index in [1.54, 1.807) is 12.2 Å². The zero-order valence-corrected chi connectivity index (χ0v) is 18.2. The second-order valence-electron chi connectivity index (χ2n) is 4.24. The average molecular weight is 521 g/mol. The summed E-state index contributed by atoms with van der Waals surface area (Å²) in [5.74, 6) is 2.28. The van der Waals surface area contributed by atoms with Crippen LogP contribution in [0.1, 0.15) is 0 Å². The number of carbonyl (C=O) groups is 2. The summed E-state index contributed by atoms with van der Waals surface area (Å²) < 4.78 is 10.1. The summed E-state index contributed by atoms with van der Waals surface area (Å²) in [7, 11) is 0. The van der Waals surface area contributed by atoms with Crippen LogP contribution in [0.5, 0.6) is 0 Å². The van der Waals surface area contributed by atoms with Crippen molar-refractivity contribution in [1.29, 1.82) is 0 Å². The van der Waals surface area contributed by atoms with Crippen molar-refractivity contribution in [2.24, 2.45) is 0 Å². The SMILES string of the molecule is C=CCOC(=O)[Se]CC1CSCC(C[Se]C(=O)OCC=C)[Se]1. The van der Waals surface area contributed by atoms with Crippen LogP contribution in [0.2, 0.25) is 20.3 Å². The molecule has 1 aliphatic rings. The summed E-state index contributed by atoms with van der Waals surface area (Å²) in [6.45, 7) is 7.68. The van der Waals surface area contributed by atoms with E-state index in [-0.39, 0.29) is 39.6 Å². The van der Waals surface area contributed by atoms with Crippen molar-refractivity contribution in [3.05, 3.63) is 25.3 Å². The molecule has 0 aromatic carbocycles. The van der Waals surface area contributed by atoms with Gasteiger partial charge in [0.1, 0.15) is 0 Å². The third-order valence-corrected chi connectivity index (χ3v) is 13.7. The van der Waals surface area contributed by atoms with Crippen LogP contribution >= 0.6 is 11.8 Å². The van der Waals surface area contributed by atoms with Crippen LogP contribution in [0.25, 0.3) is 0 Å². The molecule has 0 bridgehead atoms. The summed E-state index contributed by atoms with van der Waals surface area (Å²) in [6.07, 6.45) is 3.19. The topological polar surface area (TPSA) is 52.6 Å². The Morgan fingerprint density at radius 2 is 1.50 bits per heavy atom. The molecule has 0 N–H and O–H groups in total. The molecule has 1 fully saturated rings. The molecule has 0 aliphatic carbocycles. The van der Waals surface area contributed by atoms with Gasteiger partial charge in [0.2, 0.25) is 0 Å². The normalized spacial score (nSPS) is 20.9. The number of carbonyl (C=O) groups excluding carboxylic acids is 2. The van der Waals surface area contributed by atoms with Crippen LogP contribution in [0.4, 0.5) is 9.59 Å². The van der Waals surface area contributed by atoms with Crippen molar-refractivity contribution >= 4 is 66.4 Å². The monoisotopic (exact) mass is 524 g/mol. The molecule has 124 valence electrons. The predicted molar refractivity (Wildman–Crippen MR) is 94.8 cm³/mol. The molecule has 1 aliphatic heterocycles. The Balaban J connectivity index is 2.20. The van der Waals surface area contributed by atoms with Gasteiger partial charge in [-0.25, -0.2) is 0 Å². The Bertz CT molecular complexity index is 358. The average Bonchev–Trinajstić information content (AvgIpc) is 2.54. The van der Waals surface area contributed by atoms with E-state index >= 15 is 0 Å². The molecule has 2 unspecified atom stereocenters. The zero-order chi connectivity index (χ0) is 16.2. The second kappa shape index (κ2) is 12.7. The standard InChI is InChI=1S/C14H20O4SSe3/c1-3-5-17-13(15)20-9-11-7-19-8-12(22-11)10-21-14(16)18-6-4-2/h3-4,11-12H,1-2,5-10H2. The van der Waals surface area contributed by atoms with Crippen LogP contribution in [0, 0.1) is 0 Å². The fraction of sp³-hybridized carbons (Fsp3) is 0.571. The van der Waals surface area contributed by atoms with Crippen molar-refractivity contribution in [2.75, 3.05) is 24.7 Å². The van der Waals surface area contributed by atoms with Crippen molar-refractivity contribution < 1.29 is 19.1 Å². The van der Waals surface area contributed by atoms with Gasteiger partial charge >= 0.3 is 156 Å². The van der Waals surface area contributed by atoms with Crippen molar-refractivity contribution in [1.82, 2.24) is 0 Å². The van der Waals surface area contributed by atoms with Crippen LogP contribution in [-0.4, -0.2) is 79.3 Å². The summed E-state index contributed by atoms with van der Waals surface area (Å²) >= 11 is 2.27. The molecular formula is C14H20O4SSe3. The van der Waals surface area contributed by atoms with Gasteiger partial charge in [-0.15, -0.1) is 0 Å². The first-order chi connectivity index (χ1) is 10.7. The maximum absolute atomic E-state index is 11.5. The van der Waals surface area contributed by atoms with E-state index in [1.807, 2.05) is 11.8 Å². The molecule has 0 aromatic rings. The van der Waals surface area contributed by atoms with E-state index in [2.05, 4.69) is 13.2 Å². The summed E-state index contributed by atoms with van der Waals surface area (Å²) in [4.78, 5) is 24.2. The van der Waals surface area contributed by atoms with Gasteiger partial charge in [-0.2, -0.15) is 0 Å². The van der Waals surface area contributed by atoms with Gasteiger partial charge in [0.15, 0.2) is 0 Å². The minimum absolute atomic E-state index is 0.0763. The number of hydrogen-bond acceptors (Lipinski definition) is 5. The molecule has 2 atom stereocenters. The van der Waals surface area contributed by atoms with E-state index in [9.17, 15) is 9.59 Å². The van der Waals surface area contributed by atoms with E-state index in [0.29, 0.717) is 37.8 Å². The molecule has 0 aromatic heterocycles. The van der Waals surface area contributed by atoms with Crippen molar-refractivity contribution in [3.8, 4) is 0 Å². The summed E-state index contributed by atoms with van der Waals surface area (Å²) in [5.41, 5.74) is 0. The summed E-state index contributed by atoms with van der Waals surface area (Å²) in [5, 5.41) is 1.92. The van der Waals surface area contributed by atoms with E-state index in [0.717, 1.165) is 22.1 Å². The third kappa shape index (κ3) is 9.46. The molecule has 0 saturated carbocycles. The van der Waals surface area contributed by atoms with Crippen molar-refractivity contribution in [2.45, 2.75) is 20.3 Å². The Morgan fingerprint density at radius 1 is 1.05 bits per heavy atom. The Kier molecular flexibility index (Phi) is 11.8. The maximum atomic E-state index is 11.5. The van der Waals surface area contributed by atoms with E-state index < -0.39 is 0 Å². The fourth-order valence-corrected chi connectivity index (χ4v) is 12.6. The molecule has 1 saturated heterocycles. The van der Waals surface area contributed by atoms with Gasteiger partial charge < -0.3 is 0 Å². The number of rotatable bonds is 10. The number of hydrogen-bond donors (Lipinski definition) is 0.